The molecule has 0 N–H and O–H groups in total. The molecule has 0 spiro atoms. The van der Waals surface area contributed by atoms with Crippen molar-refractivity contribution in [2.45, 2.75) is 26.7 Å². The van der Waals surface area contributed by atoms with Crippen LogP contribution < -0.4 is 0 Å². The molecule has 0 amide bonds. The maximum atomic E-state index is 10.5. The monoisotopic (exact) mass is 124 g/mol. The molecule has 9 heavy (non-hydrogen) atoms. The van der Waals surface area contributed by atoms with Crippen LogP contribution in [-0.2, 0) is 4.79 Å². The van der Waals surface area contributed by atoms with E-state index in [0.717, 1.165) is 19.1 Å². The van der Waals surface area contributed by atoms with E-state index >= 15 is 0 Å². The smallest absolute Gasteiger partial charge is 0.129 e. The van der Waals surface area contributed by atoms with Crippen LogP contribution in [0.5, 0.6) is 0 Å². The zero-order valence-electron chi connectivity index (χ0n) is 5.98. The lowest BCUT2D eigenvalue weighted by Crippen LogP contribution is -2.14. The summed E-state index contributed by atoms with van der Waals surface area (Å²) in [5.74, 6) is 0. The Morgan fingerprint density at radius 2 is 2.44 bits per heavy atom. The second-order valence-electron chi connectivity index (χ2n) is 2.96. The van der Waals surface area contributed by atoms with Crippen molar-refractivity contribution in [1.29, 1.82) is 0 Å². The number of hydrogen-bond donors (Lipinski definition) is 0. The molecule has 50 valence electrons. The molecule has 0 heterocycles. The Labute approximate surface area is 55.8 Å². The van der Waals surface area contributed by atoms with Crippen molar-refractivity contribution >= 4 is 6.29 Å². The zero-order valence-corrected chi connectivity index (χ0v) is 5.98. The van der Waals surface area contributed by atoms with Crippen LogP contribution in [0.3, 0.4) is 0 Å². The predicted octanol–water partition coefficient (Wildman–Crippen LogP) is 1.93. The quantitative estimate of drug-likeness (QED) is 0.385. The molecule has 1 nitrogen and oxygen atoms in total. The fourth-order valence-corrected chi connectivity index (χ4v) is 1.17. The van der Waals surface area contributed by atoms with Gasteiger partial charge in [0.15, 0.2) is 0 Å². The van der Waals surface area contributed by atoms with E-state index in [9.17, 15) is 4.79 Å². The highest BCUT2D eigenvalue weighted by Gasteiger charge is 2.28. The van der Waals surface area contributed by atoms with Crippen molar-refractivity contribution in [2.75, 3.05) is 0 Å². The van der Waals surface area contributed by atoms with E-state index < -0.39 is 0 Å². The van der Waals surface area contributed by atoms with Gasteiger partial charge in [0.25, 0.3) is 0 Å². The van der Waals surface area contributed by atoms with E-state index in [0.29, 0.717) is 0 Å². The third-order valence-corrected chi connectivity index (χ3v) is 2.28. The van der Waals surface area contributed by atoms with Crippen molar-refractivity contribution in [3.05, 3.63) is 11.6 Å². The highest BCUT2D eigenvalue weighted by atomic mass is 16.1. The normalized spacial score (nSPS) is 34.2. The average Bonchev–Trinajstić information content (AvgIpc) is 2.15. The second-order valence-corrected chi connectivity index (χ2v) is 2.96. The predicted molar refractivity (Wildman–Crippen MR) is 37.2 cm³/mol. The maximum Gasteiger partial charge on any atom is 0.129 e. The molecule has 1 aliphatic rings. The summed E-state index contributed by atoms with van der Waals surface area (Å²) in [7, 11) is 0. The minimum atomic E-state index is -0.125. The average molecular weight is 124 g/mol. The van der Waals surface area contributed by atoms with Crippen LogP contribution in [0.15, 0.2) is 11.6 Å². The van der Waals surface area contributed by atoms with Gasteiger partial charge in [0.2, 0.25) is 0 Å². The van der Waals surface area contributed by atoms with Crippen molar-refractivity contribution in [3.8, 4) is 0 Å². The summed E-state index contributed by atoms with van der Waals surface area (Å²) < 4.78 is 0. The van der Waals surface area contributed by atoms with Gasteiger partial charge in [-0.3, -0.25) is 0 Å². The Bertz CT molecular complexity index is 158. The summed E-state index contributed by atoms with van der Waals surface area (Å²) in [6, 6.07) is 0. The Kier molecular flexibility index (Phi) is 1.43. The van der Waals surface area contributed by atoms with Crippen LogP contribution in [0.25, 0.3) is 0 Å². The number of aldehydes is 1. The lowest BCUT2D eigenvalue weighted by Gasteiger charge is -2.16. The van der Waals surface area contributed by atoms with Crippen LogP contribution in [-0.4, -0.2) is 6.29 Å². The van der Waals surface area contributed by atoms with Gasteiger partial charge in [0.1, 0.15) is 6.29 Å². The summed E-state index contributed by atoms with van der Waals surface area (Å²) in [4.78, 5) is 10.5. The summed E-state index contributed by atoms with van der Waals surface area (Å²) in [5.41, 5.74) is 1.11. The van der Waals surface area contributed by atoms with Gasteiger partial charge in [0.05, 0.1) is 0 Å². The number of hydrogen-bond acceptors (Lipinski definition) is 1. The number of carbonyl (C=O) groups is 1. The first kappa shape index (κ1) is 6.53. The second kappa shape index (κ2) is 1.98. The molecule has 0 unspecified atom stereocenters. The van der Waals surface area contributed by atoms with Gasteiger partial charge in [0, 0.05) is 5.41 Å². The van der Waals surface area contributed by atoms with Gasteiger partial charge in [-0.1, -0.05) is 11.6 Å². The van der Waals surface area contributed by atoms with Gasteiger partial charge in [-0.25, -0.2) is 0 Å². The maximum absolute atomic E-state index is 10.5. The highest BCUT2D eigenvalue weighted by molar-refractivity contribution is 5.65. The van der Waals surface area contributed by atoms with Crippen LogP contribution in [0.2, 0.25) is 0 Å². The standard InChI is InChI=1S/C8H12O/c1-7-4-3-5-8(7,2)6-9/h4,6H,3,5H2,1-2H3/t8-/m1/s1. The van der Waals surface area contributed by atoms with Crippen LogP contribution in [0, 0.1) is 5.41 Å². The lowest BCUT2D eigenvalue weighted by molar-refractivity contribution is -0.113. The van der Waals surface area contributed by atoms with Gasteiger partial charge < -0.3 is 4.79 Å². The third kappa shape index (κ3) is 0.913. The third-order valence-electron chi connectivity index (χ3n) is 2.28. The molecule has 1 heteroatoms. The van der Waals surface area contributed by atoms with Gasteiger partial charge >= 0.3 is 0 Å². The first-order valence-electron chi connectivity index (χ1n) is 3.32. The largest absolute Gasteiger partial charge is 0.302 e. The van der Waals surface area contributed by atoms with E-state index in [-0.39, 0.29) is 5.41 Å². The SMILES string of the molecule is CC1=CCC[C@]1(C)C=O. The molecular formula is C8H12O. The Balaban J connectivity index is 2.82. The molecule has 0 fully saturated rings. The fourth-order valence-electron chi connectivity index (χ4n) is 1.17. The molecular weight excluding hydrogens is 112 g/mol. The van der Waals surface area contributed by atoms with E-state index in [1.807, 2.05) is 13.8 Å². The van der Waals surface area contributed by atoms with Crippen LogP contribution in [0.4, 0.5) is 0 Å². The van der Waals surface area contributed by atoms with E-state index in [1.54, 1.807) is 0 Å². The van der Waals surface area contributed by atoms with Crippen molar-refractivity contribution in [3.63, 3.8) is 0 Å². The molecule has 1 rings (SSSR count). The van der Waals surface area contributed by atoms with Crippen molar-refractivity contribution in [2.24, 2.45) is 5.41 Å². The Morgan fingerprint density at radius 1 is 1.78 bits per heavy atom. The molecule has 0 saturated carbocycles. The molecule has 0 saturated heterocycles. The van der Waals surface area contributed by atoms with Gasteiger partial charge in [-0.15, -0.1) is 0 Å². The summed E-state index contributed by atoms with van der Waals surface area (Å²) in [5, 5.41) is 0. The molecule has 1 aliphatic carbocycles. The Hall–Kier alpha value is -0.590. The zero-order chi connectivity index (χ0) is 6.91. The van der Waals surface area contributed by atoms with Gasteiger partial charge in [-0.05, 0) is 26.7 Å². The van der Waals surface area contributed by atoms with E-state index in [4.69, 9.17) is 0 Å². The fraction of sp³-hybridized carbons (Fsp3) is 0.625. The molecule has 0 bridgehead atoms. The van der Waals surface area contributed by atoms with Crippen molar-refractivity contribution < 1.29 is 4.79 Å². The van der Waals surface area contributed by atoms with Crippen LogP contribution in [0.1, 0.15) is 26.7 Å². The minimum absolute atomic E-state index is 0.125. The summed E-state index contributed by atoms with van der Waals surface area (Å²) >= 11 is 0. The van der Waals surface area contributed by atoms with E-state index in [1.165, 1.54) is 5.57 Å². The van der Waals surface area contributed by atoms with E-state index in [2.05, 4.69) is 6.08 Å². The van der Waals surface area contributed by atoms with Crippen molar-refractivity contribution in [1.82, 2.24) is 0 Å². The summed E-state index contributed by atoms with van der Waals surface area (Å²) in [6.45, 7) is 4.03. The molecule has 0 aliphatic heterocycles. The van der Waals surface area contributed by atoms with Crippen LogP contribution >= 0.6 is 0 Å². The lowest BCUT2D eigenvalue weighted by atomic mass is 9.86. The molecule has 0 aromatic rings. The molecule has 0 aromatic carbocycles. The topological polar surface area (TPSA) is 17.1 Å². The molecule has 0 aromatic heterocycles. The first-order valence-corrected chi connectivity index (χ1v) is 3.32. The molecule has 0 radical (unpaired) electrons. The molecule has 1 atom stereocenters. The minimum Gasteiger partial charge on any atom is -0.302 e. The first-order chi connectivity index (χ1) is 4.19. The highest BCUT2D eigenvalue weighted by Crippen LogP contribution is 2.35. The van der Waals surface area contributed by atoms with Gasteiger partial charge in [-0.2, -0.15) is 0 Å². The Morgan fingerprint density at radius 3 is 2.67 bits per heavy atom. The number of allylic oxidation sites excluding steroid dienone is 2. The summed E-state index contributed by atoms with van der Waals surface area (Å²) in [6.07, 6.45) is 5.28. The number of rotatable bonds is 1. The number of carbonyl (C=O) groups excluding carboxylic acids is 1.